The van der Waals surface area contributed by atoms with Crippen molar-refractivity contribution in [3.63, 3.8) is 0 Å². The molecule has 0 spiro atoms. The van der Waals surface area contributed by atoms with Gasteiger partial charge >= 0.3 is 0 Å². The van der Waals surface area contributed by atoms with Gasteiger partial charge in [-0.15, -0.1) is 0 Å². The number of anilines is 1. The Morgan fingerprint density at radius 1 is 1.52 bits per heavy atom. The van der Waals surface area contributed by atoms with Crippen LogP contribution in [-0.4, -0.2) is 46.3 Å². The summed E-state index contributed by atoms with van der Waals surface area (Å²) in [5.74, 6) is 0.464. The topological polar surface area (TPSA) is 93.1 Å². The Hall–Kier alpha value is -3.14. The summed E-state index contributed by atoms with van der Waals surface area (Å²) in [6.07, 6.45) is 6.55. The molecule has 7 heteroatoms. The molecule has 0 aromatic carbocycles. The third-order valence-electron chi connectivity index (χ3n) is 4.68. The van der Waals surface area contributed by atoms with E-state index in [0.29, 0.717) is 18.9 Å². The predicted molar refractivity (Wildman–Crippen MR) is 92.4 cm³/mol. The van der Waals surface area contributed by atoms with Gasteiger partial charge in [-0.3, -0.25) is 14.5 Å². The van der Waals surface area contributed by atoms with E-state index in [1.807, 2.05) is 30.5 Å². The van der Waals surface area contributed by atoms with Gasteiger partial charge in [-0.2, -0.15) is 5.26 Å². The van der Waals surface area contributed by atoms with Crippen LogP contribution in [0.1, 0.15) is 24.8 Å². The maximum Gasteiger partial charge on any atom is 0.237 e. The molecule has 4 rings (SSSR count). The van der Waals surface area contributed by atoms with Crippen molar-refractivity contribution in [2.24, 2.45) is 0 Å². The van der Waals surface area contributed by atoms with Gasteiger partial charge in [0.2, 0.25) is 12.3 Å². The SMILES string of the molecule is N#CCC(=O)N1CC=C(c2cc(N(C=O)C3CC3)nc3[nH]ccc23)C1. The summed E-state index contributed by atoms with van der Waals surface area (Å²) in [5.41, 5.74) is 2.71. The second kappa shape index (κ2) is 6.06. The number of carbonyl (C=O) groups excluding carboxylic acids is 2. The number of hydrogen-bond donors (Lipinski definition) is 1. The third-order valence-corrected chi connectivity index (χ3v) is 4.68. The van der Waals surface area contributed by atoms with Gasteiger partial charge in [-0.25, -0.2) is 4.98 Å². The zero-order chi connectivity index (χ0) is 17.4. The number of nitrogens with zero attached hydrogens (tertiary/aromatic N) is 4. The van der Waals surface area contributed by atoms with Crippen LogP contribution in [0.2, 0.25) is 0 Å². The molecule has 7 nitrogen and oxygen atoms in total. The number of rotatable bonds is 5. The molecule has 0 unspecified atom stereocenters. The molecule has 2 aromatic heterocycles. The lowest BCUT2D eigenvalue weighted by molar-refractivity contribution is -0.128. The maximum atomic E-state index is 12.0. The number of aromatic amines is 1. The van der Waals surface area contributed by atoms with Gasteiger partial charge in [0.05, 0.1) is 6.07 Å². The van der Waals surface area contributed by atoms with Crippen LogP contribution >= 0.6 is 0 Å². The second-order valence-electron chi connectivity index (χ2n) is 6.35. The Morgan fingerprint density at radius 2 is 2.36 bits per heavy atom. The summed E-state index contributed by atoms with van der Waals surface area (Å²) in [5, 5.41) is 9.67. The van der Waals surface area contributed by atoms with Crippen LogP contribution in [0.3, 0.4) is 0 Å². The minimum absolute atomic E-state index is 0.108. The van der Waals surface area contributed by atoms with Crippen LogP contribution in [0.5, 0.6) is 0 Å². The van der Waals surface area contributed by atoms with E-state index in [0.717, 1.165) is 41.4 Å². The molecule has 1 aliphatic heterocycles. The number of fused-ring (bicyclic) bond motifs is 1. The molecule has 2 amide bonds. The molecule has 1 fully saturated rings. The van der Waals surface area contributed by atoms with Gasteiger partial charge in [0.1, 0.15) is 17.9 Å². The average molecular weight is 335 g/mol. The van der Waals surface area contributed by atoms with E-state index in [2.05, 4.69) is 9.97 Å². The lowest BCUT2D eigenvalue weighted by atomic mass is 10.0. The monoisotopic (exact) mass is 335 g/mol. The third kappa shape index (κ3) is 2.76. The lowest BCUT2D eigenvalue weighted by Gasteiger charge is -2.18. The minimum atomic E-state index is -0.166. The van der Waals surface area contributed by atoms with E-state index in [1.54, 1.807) is 9.80 Å². The summed E-state index contributed by atoms with van der Waals surface area (Å²) in [6.45, 7) is 0.966. The van der Waals surface area contributed by atoms with Crippen LogP contribution in [0.4, 0.5) is 5.82 Å². The molecular weight excluding hydrogens is 318 g/mol. The van der Waals surface area contributed by atoms with E-state index in [9.17, 15) is 9.59 Å². The second-order valence-corrected chi connectivity index (χ2v) is 6.35. The van der Waals surface area contributed by atoms with Crippen molar-refractivity contribution in [2.75, 3.05) is 18.0 Å². The number of nitriles is 1. The van der Waals surface area contributed by atoms with Crippen molar-refractivity contribution in [2.45, 2.75) is 25.3 Å². The van der Waals surface area contributed by atoms with E-state index in [1.165, 1.54) is 0 Å². The first-order chi connectivity index (χ1) is 12.2. The van der Waals surface area contributed by atoms with Gasteiger partial charge in [0.15, 0.2) is 0 Å². The van der Waals surface area contributed by atoms with Crippen molar-refractivity contribution in [1.29, 1.82) is 5.26 Å². The molecule has 25 heavy (non-hydrogen) atoms. The van der Waals surface area contributed by atoms with Crippen LogP contribution in [0.15, 0.2) is 24.4 Å². The summed E-state index contributed by atoms with van der Waals surface area (Å²) >= 11 is 0. The van der Waals surface area contributed by atoms with Crippen LogP contribution in [-0.2, 0) is 9.59 Å². The van der Waals surface area contributed by atoms with Gasteiger partial charge in [-0.1, -0.05) is 6.08 Å². The Balaban J connectivity index is 1.69. The Labute approximate surface area is 144 Å². The van der Waals surface area contributed by atoms with Crippen molar-refractivity contribution in [1.82, 2.24) is 14.9 Å². The highest BCUT2D eigenvalue weighted by Crippen LogP contribution is 2.34. The molecule has 126 valence electrons. The standard InChI is InChI=1S/C18H17N5O2/c19-6-3-17(25)22-8-5-12(10-22)15-9-16(23(11-24)13-1-2-13)21-18-14(15)4-7-20-18/h4-5,7,9,11,13H,1-3,8,10H2,(H,20,21). The Bertz CT molecular complexity index is 919. The van der Waals surface area contributed by atoms with Gasteiger partial charge in [0.25, 0.3) is 0 Å². The fourth-order valence-electron chi connectivity index (χ4n) is 3.22. The smallest absolute Gasteiger partial charge is 0.237 e. The molecular formula is C18H17N5O2. The van der Waals surface area contributed by atoms with Gasteiger partial charge < -0.3 is 9.88 Å². The average Bonchev–Trinajstić information content (AvgIpc) is 3.13. The van der Waals surface area contributed by atoms with Crippen molar-refractivity contribution >= 4 is 34.7 Å². The van der Waals surface area contributed by atoms with Crippen molar-refractivity contribution in [3.05, 3.63) is 30.0 Å². The fraction of sp³-hybridized carbons (Fsp3) is 0.333. The van der Waals surface area contributed by atoms with Gasteiger partial charge in [-0.05, 0) is 36.1 Å². The molecule has 0 saturated heterocycles. The van der Waals surface area contributed by atoms with Crippen LogP contribution < -0.4 is 4.90 Å². The molecule has 1 N–H and O–H groups in total. The first-order valence-corrected chi connectivity index (χ1v) is 8.27. The quantitative estimate of drug-likeness (QED) is 0.844. The Morgan fingerprint density at radius 3 is 3.08 bits per heavy atom. The molecule has 0 bridgehead atoms. The first kappa shape index (κ1) is 15.4. The fourth-order valence-corrected chi connectivity index (χ4v) is 3.22. The van der Waals surface area contributed by atoms with E-state index >= 15 is 0 Å². The predicted octanol–water partition coefficient (Wildman–Crippen LogP) is 1.83. The normalized spacial score (nSPS) is 16.6. The lowest BCUT2D eigenvalue weighted by Crippen LogP contribution is -2.28. The zero-order valence-corrected chi connectivity index (χ0v) is 13.6. The van der Waals surface area contributed by atoms with Crippen molar-refractivity contribution < 1.29 is 9.59 Å². The summed E-state index contributed by atoms with van der Waals surface area (Å²) in [4.78, 5) is 34.5. The minimum Gasteiger partial charge on any atom is -0.346 e. The number of hydrogen-bond acceptors (Lipinski definition) is 4. The zero-order valence-electron chi connectivity index (χ0n) is 13.6. The highest BCUT2D eigenvalue weighted by atomic mass is 16.2. The van der Waals surface area contributed by atoms with E-state index in [4.69, 9.17) is 5.26 Å². The maximum absolute atomic E-state index is 12.0. The first-order valence-electron chi connectivity index (χ1n) is 8.27. The number of aromatic nitrogens is 2. The summed E-state index contributed by atoms with van der Waals surface area (Å²) < 4.78 is 0. The van der Waals surface area contributed by atoms with Crippen LogP contribution in [0.25, 0.3) is 16.6 Å². The summed E-state index contributed by atoms with van der Waals surface area (Å²) in [6, 6.07) is 6.01. The number of carbonyl (C=O) groups is 2. The molecule has 2 aliphatic rings. The van der Waals surface area contributed by atoms with Gasteiger partial charge in [0, 0.05) is 30.7 Å². The largest absolute Gasteiger partial charge is 0.346 e. The molecule has 1 aliphatic carbocycles. The Kier molecular flexibility index (Phi) is 3.73. The molecule has 0 radical (unpaired) electrons. The number of amides is 2. The molecule has 3 heterocycles. The number of H-pyrrole nitrogens is 1. The molecule has 1 saturated carbocycles. The van der Waals surface area contributed by atoms with E-state index in [-0.39, 0.29) is 18.4 Å². The number of nitrogens with one attached hydrogen (secondary N) is 1. The summed E-state index contributed by atoms with van der Waals surface area (Å²) in [7, 11) is 0. The highest BCUT2D eigenvalue weighted by Gasteiger charge is 2.31. The van der Waals surface area contributed by atoms with Crippen LogP contribution in [0, 0.1) is 11.3 Å². The number of pyridine rings is 1. The van der Waals surface area contributed by atoms with E-state index < -0.39 is 0 Å². The highest BCUT2D eigenvalue weighted by molar-refractivity contribution is 5.95. The van der Waals surface area contributed by atoms with Crippen molar-refractivity contribution in [3.8, 4) is 6.07 Å². The molecule has 0 atom stereocenters. The molecule has 2 aromatic rings.